The van der Waals surface area contributed by atoms with Crippen LogP contribution in [0.5, 0.6) is 0 Å². The van der Waals surface area contributed by atoms with Gasteiger partial charge in [-0.1, -0.05) is 23.4 Å². The number of carbonyl (C=O) groups is 2. The van der Waals surface area contributed by atoms with E-state index in [9.17, 15) is 9.59 Å². The molecule has 2 fully saturated rings. The van der Waals surface area contributed by atoms with Gasteiger partial charge in [0.15, 0.2) is 0 Å². The van der Waals surface area contributed by atoms with E-state index in [2.05, 4.69) is 10.1 Å². The van der Waals surface area contributed by atoms with Gasteiger partial charge in [0.1, 0.15) is 11.4 Å². The summed E-state index contributed by atoms with van der Waals surface area (Å²) in [7, 11) is 1.75. The number of likely N-dealkylation sites (tertiary alicyclic amines) is 1. The van der Waals surface area contributed by atoms with Gasteiger partial charge in [-0.2, -0.15) is 0 Å². The normalized spacial score (nSPS) is 29.0. The van der Waals surface area contributed by atoms with Gasteiger partial charge >= 0.3 is 0 Å². The van der Waals surface area contributed by atoms with Crippen molar-refractivity contribution in [1.82, 2.24) is 19.9 Å². The number of nitrogens with zero attached hydrogens (tertiary/aromatic N) is 4. The highest BCUT2D eigenvalue weighted by molar-refractivity contribution is 5.93. The topological polar surface area (TPSA) is 88.8 Å². The lowest BCUT2D eigenvalue weighted by Crippen LogP contribution is -2.44. The van der Waals surface area contributed by atoms with E-state index in [0.29, 0.717) is 25.4 Å². The van der Waals surface area contributed by atoms with E-state index in [-0.39, 0.29) is 17.9 Å². The highest BCUT2D eigenvalue weighted by Gasteiger charge is 2.67. The Morgan fingerprint density at radius 1 is 1.40 bits per heavy atom. The fourth-order valence-electron chi connectivity index (χ4n) is 5.00. The van der Waals surface area contributed by atoms with Crippen LogP contribution in [0.15, 0.2) is 41.2 Å². The molecule has 0 N–H and O–H groups in total. The zero-order chi connectivity index (χ0) is 21.0. The monoisotopic (exact) mass is 408 g/mol. The fraction of sp³-hybridized carbons (Fsp3) is 0.455. The lowest BCUT2D eigenvalue weighted by atomic mass is 9.76. The zero-order valence-corrected chi connectivity index (χ0v) is 17.2. The molecule has 2 amide bonds. The number of ether oxygens (including phenoxy) is 1. The molecule has 30 heavy (non-hydrogen) atoms. The third kappa shape index (κ3) is 2.78. The average molecular weight is 408 g/mol. The molecule has 156 valence electrons. The van der Waals surface area contributed by atoms with E-state index >= 15 is 0 Å². The SMILES string of the molecule is Cc1noc(C)c1CN(C)C(=O)[C@H]1[C@@H]2C=C[C@@]3(CN(Cc4cccnc4)C(=O)[C@H]13)O2. The number of pyridine rings is 1. The minimum Gasteiger partial charge on any atom is -0.361 e. The van der Waals surface area contributed by atoms with Crippen molar-refractivity contribution in [3.05, 3.63) is 59.3 Å². The lowest BCUT2D eigenvalue weighted by Gasteiger charge is -2.27. The van der Waals surface area contributed by atoms with Crippen LogP contribution in [0.25, 0.3) is 0 Å². The Morgan fingerprint density at radius 2 is 2.23 bits per heavy atom. The second-order valence-electron chi connectivity index (χ2n) is 8.45. The molecule has 2 saturated heterocycles. The molecule has 4 atom stereocenters. The third-order valence-corrected chi connectivity index (χ3v) is 6.51. The molecule has 2 bridgehead atoms. The van der Waals surface area contributed by atoms with Gasteiger partial charge in [0.2, 0.25) is 11.8 Å². The maximum Gasteiger partial charge on any atom is 0.230 e. The molecule has 0 aliphatic carbocycles. The van der Waals surface area contributed by atoms with Crippen LogP contribution in [0.1, 0.15) is 22.6 Å². The molecule has 5 heterocycles. The van der Waals surface area contributed by atoms with E-state index in [1.54, 1.807) is 29.2 Å². The van der Waals surface area contributed by atoms with Crippen LogP contribution in [-0.2, 0) is 27.4 Å². The fourth-order valence-corrected chi connectivity index (χ4v) is 5.00. The quantitative estimate of drug-likeness (QED) is 0.699. The molecule has 5 rings (SSSR count). The van der Waals surface area contributed by atoms with Gasteiger partial charge in [-0.05, 0) is 25.5 Å². The molecular weight excluding hydrogens is 384 g/mol. The molecule has 2 aromatic rings. The van der Waals surface area contributed by atoms with Gasteiger partial charge in [0.25, 0.3) is 0 Å². The van der Waals surface area contributed by atoms with Crippen molar-refractivity contribution in [1.29, 1.82) is 0 Å². The molecule has 0 aromatic carbocycles. The third-order valence-electron chi connectivity index (χ3n) is 6.51. The average Bonchev–Trinajstić information content (AvgIpc) is 3.45. The van der Waals surface area contributed by atoms with Crippen molar-refractivity contribution >= 4 is 11.8 Å². The van der Waals surface area contributed by atoms with E-state index < -0.39 is 17.4 Å². The van der Waals surface area contributed by atoms with Gasteiger partial charge in [-0.3, -0.25) is 14.6 Å². The van der Waals surface area contributed by atoms with Crippen molar-refractivity contribution < 1.29 is 18.8 Å². The summed E-state index contributed by atoms with van der Waals surface area (Å²) in [5.74, 6) is -0.439. The van der Waals surface area contributed by atoms with E-state index in [4.69, 9.17) is 9.26 Å². The molecule has 0 saturated carbocycles. The predicted molar refractivity (Wildman–Crippen MR) is 106 cm³/mol. The van der Waals surface area contributed by atoms with Crippen molar-refractivity contribution in [2.24, 2.45) is 11.8 Å². The van der Waals surface area contributed by atoms with Crippen molar-refractivity contribution in [2.45, 2.75) is 38.6 Å². The number of hydrogen-bond acceptors (Lipinski definition) is 6. The van der Waals surface area contributed by atoms with Crippen LogP contribution in [-0.4, -0.2) is 57.1 Å². The molecular formula is C22H24N4O4. The van der Waals surface area contributed by atoms with Gasteiger partial charge < -0.3 is 19.1 Å². The summed E-state index contributed by atoms with van der Waals surface area (Å²) in [6.07, 6.45) is 7.01. The molecule has 0 radical (unpaired) electrons. The predicted octanol–water partition coefficient (Wildman–Crippen LogP) is 1.63. The van der Waals surface area contributed by atoms with Gasteiger partial charge in [-0.25, -0.2) is 0 Å². The van der Waals surface area contributed by atoms with Crippen molar-refractivity contribution in [2.75, 3.05) is 13.6 Å². The van der Waals surface area contributed by atoms with Crippen LogP contribution in [0.3, 0.4) is 0 Å². The first-order valence-corrected chi connectivity index (χ1v) is 10.1. The van der Waals surface area contributed by atoms with Crippen LogP contribution < -0.4 is 0 Å². The Balaban J connectivity index is 1.37. The Morgan fingerprint density at radius 3 is 2.93 bits per heavy atom. The molecule has 3 aliphatic rings. The molecule has 8 nitrogen and oxygen atoms in total. The number of carbonyl (C=O) groups excluding carboxylic acids is 2. The molecule has 8 heteroatoms. The molecule has 2 aromatic heterocycles. The van der Waals surface area contributed by atoms with Gasteiger partial charge in [-0.15, -0.1) is 0 Å². The number of hydrogen-bond donors (Lipinski definition) is 0. The van der Waals surface area contributed by atoms with Crippen molar-refractivity contribution in [3.8, 4) is 0 Å². The van der Waals surface area contributed by atoms with Gasteiger partial charge in [0, 0.05) is 31.5 Å². The Bertz CT molecular complexity index is 1010. The van der Waals surface area contributed by atoms with Gasteiger partial charge in [0.05, 0.1) is 36.7 Å². The summed E-state index contributed by atoms with van der Waals surface area (Å²) >= 11 is 0. The Labute approximate surface area is 174 Å². The zero-order valence-electron chi connectivity index (χ0n) is 17.2. The standard InChI is InChI=1S/C22H24N4O4/c1-13-16(14(2)30-24-13)11-25(3)20(27)18-17-6-7-22(29-17)12-26(21(28)19(18)22)10-15-5-4-8-23-9-15/h4-9,17-19H,10-12H2,1-3H3/t17-,18-,19-,22-/m0/s1. The van der Waals surface area contributed by atoms with Crippen LogP contribution in [0, 0.1) is 25.7 Å². The molecule has 3 aliphatic heterocycles. The Hall–Kier alpha value is -3.00. The smallest absolute Gasteiger partial charge is 0.230 e. The summed E-state index contributed by atoms with van der Waals surface area (Å²) in [6, 6.07) is 3.80. The summed E-state index contributed by atoms with van der Waals surface area (Å²) < 4.78 is 11.4. The van der Waals surface area contributed by atoms with Crippen LogP contribution in [0.4, 0.5) is 0 Å². The first kappa shape index (κ1) is 19.0. The van der Waals surface area contributed by atoms with Crippen LogP contribution >= 0.6 is 0 Å². The minimum atomic E-state index is -0.714. The largest absolute Gasteiger partial charge is 0.361 e. The Kier molecular flexibility index (Phi) is 4.28. The van der Waals surface area contributed by atoms with Crippen LogP contribution in [0.2, 0.25) is 0 Å². The molecule has 1 spiro atoms. The summed E-state index contributed by atoms with van der Waals surface area (Å²) in [5.41, 5.74) is 1.91. The van der Waals surface area contributed by atoms with Crippen molar-refractivity contribution in [3.63, 3.8) is 0 Å². The number of amides is 2. The highest BCUT2D eigenvalue weighted by Crippen LogP contribution is 2.52. The summed E-state index contributed by atoms with van der Waals surface area (Å²) in [4.78, 5) is 34.3. The number of aromatic nitrogens is 2. The second kappa shape index (κ2) is 6.77. The first-order valence-electron chi connectivity index (χ1n) is 10.1. The minimum absolute atomic E-state index is 0.0326. The number of aryl methyl sites for hydroxylation is 2. The lowest BCUT2D eigenvalue weighted by molar-refractivity contribution is -0.142. The second-order valence-corrected chi connectivity index (χ2v) is 8.45. The van der Waals surface area contributed by atoms with E-state index in [1.165, 1.54) is 0 Å². The van der Waals surface area contributed by atoms with E-state index in [0.717, 1.165) is 16.8 Å². The maximum atomic E-state index is 13.4. The number of rotatable bonds is 5. The number of fused-ring (bicyclic) bond motifs is 1. The molecule has 0 unspecified atom stereocenters. The first-order chi connectivity index (χ1) is 14.4. The van der Waals surface area contributed by atoms with E-state index in [1.807, 2.05) is 38.1 Å². The summed E-state index contributed by atoms with van der Waals surface area (Å²) in [5, 5.41) is 3.96. The summed E-state index contributed by atoms with van der Waals surface area (Å²) in [6.45, 7) is 5.00. The highest BCUT2D eigenvalue weighted by atomic mass is 16.5. The maximum absolute atomic E-state index is 13.4.